The van der Waals surface area contributed by atoms with Gasteiger partial charge in [-0.3, -0.25) is 4.79 Å². The molecule has 2 aliphatic rings. The maximum atomic E-state index is 11.9. The highest BCUT2D eigenvalue weighted by Crippen LogP contribution is 2.48. The zero-order chi connectivity index (χ0) is 11.6. The Kier molecular flexibility index (Phi) is 3.22. The predicted octanol–water partition coefficient (Wildman–Crippen LogP) is 0.537. The van der Waals surface area contributed by atoms with E-state index in [1.54, 1.807) is 0 Å². The predicted molar refractivity (Wildman–Crippen MR) is 61.8 cm³/mol. The Hall–Kier alpha value is -0.610. The second-order valence-electron chi connectivity index (χ2n) is 5.52. The summed E-state index contributed by atoms with van der Waals surface area (Å²) in [5.41, 5.74) is 5.63. The minimum Gasteiger partial charge on any atom is -0.396 e. The normalized spacial score (nSPS) is 25.4. The van der Waals surface area contributed by atoms with Crippen molar-refractivity contribution in [2.24, 2.45) is 11.1 Å². The molecule has 2 rings (SSSR count). The Labute approximate surface area is 96.6 Å². The molecule has 0 aromatic rings. The van der Waals surface area contributed by atoms with Crippen molar-refractivity contribution in [3.05, 3.63) is 0 Å². The fraction of sp³-hybridized carbons (Fsp3) is 0.917. The minimum absolute atomic E-state index is 0.00853. The van der Waals surface area contributed by atoms with Crippen LogP contribution in [0.1, 0.15) is 44.9 Å². The molecule has 0 unspecified atom stereocenters. The first kappa shape index (κ1) is 11.9. The van der Waals surface area contributed by atoms with Gasteiger partial charge in [0.2, 0.25) is 5.91 Å². The van der Waals surface area contributed by atoms with Crippen LogP contribution in [-0.4, -0.2) is 29.7 Å². The average Bonchev–Trinajstić information content (AvgIpc) is 2.88. The fourth-order valence-electron chi connectivity index (χ4n) is 2.61. The number of rotatable bonds is 5. The first-order valence-electron chi connectivity index (χ1n) is 6.28. The summed E-state index contributed by atoms with van der Waals surface area (Å²) < 4.78 is 0. The topological polar surface area (TPSA) is 75.4 Å². The van der Waals surface area contributed by atoms with E-state index in [-0.39, 0.29) is 17.9 Å². The van der Waals surface area contributed by atoms with Crippen LogP contribution in [0.2, 0.25) is 0 Å². The number of carbonyl (C=O) groups excluding carboxylic acids is 1. The van der Waals surface area contributed by atoms with E-state index in [0.29, 0.717) is 6.54 Å². The molecular weight excluding hydrogens is 204 g/mol. The fourth-order valence-corrected chi connectivity index (χ4v) is 2.61. The summed E-state index contributed by atoms with van der Waals surface area (Å²) in [7, 11) is 0. The third kappa shape index (κ3) is 2.38. The number of carbonyl (C=O) groups is 1. The minimum atomic E-state index is -0.616. The molecule has 0 spiro atoms. The third-order valence-electron chi connectivity index (χ3n) is 4.17. The van der Waals surface area contributed by atoms with Crippen LogP contribution in [-0.2, 0) is 4.79 Å². The molecule has 16 heavy (non-hydrogen) atoms. The Balaban J connectivity index is 1.79. The third-order valence-corrected chi connectivity index (χ3v) is 4.17. The molecule has 92 valence electrons. The summed E-state index contributed by atoms with van der Waals surface area (Å²) in [6.07, 6.45) is 6.77. The summed E-state index contributed by atoms with van der Waals surface area (Å²) in [6.45, 7) is 0.898. The molecule has 0 bridgehead atoms. The van der Waals surface area contributed by atoms with E-state index in [9.17, 15) is 4.79 Å². The number of aliphatic hydroxyl groups excluding tert-OH is 1. The smallest absolute Gasteiger partial charge is 0.240 e. The van der Waals surface area contributed by atoms with Crippen LogP contribution in [0.3, 0.4) is 0 Å². The highest BCUT2D eigenvalue weighted by molar-refractivity contribution is 5.86. The van der Waals surface area contributed by atoms with Crippen LogP contribution in [0.25, 0.3) is 0 Å². The largest absolute Gasteiger partial charge is 0.396 e. The Morgan fingerprint density at radius 2 is 1.88 bits per heavy atom. The van der Waals surface area contributed by atoms with Crippen LogP contribution in [0.5, 0.6) is 0 Å². The summed E-state index contributed by atoms with van der Waals surface area (Å²) in [5, 5.41) is 11.9. The first-order valence-corrected chi connectivity index (χ1v) is 6.28. The van der Waals surface area contributed by atoms with E-state index < -0.39 is 5.54 Å². The molecule has 4 heteroatoms. The van der Waals surface area contributed by atoms with Gasteiger partial charge in [-0.1, -0.05) is 12.8 Å². The quantitative estimate of drug-likeness (QED) is 0.640. The lowest BCUT2D eigenvalue weighted by atomic mass is 9.97. The van der Waals surface area contributed by atoms with Crippen LogP contribution in [0, 0.1) is 5.41 Å². The van der Waals surface area contributed by atoms with Crippen LogP contribution in [0.15, 0.2) is 0 Å². The molecule has 0 aliphatic heterocycles. The van der Waals surface area contributed by atoms with E-state index in [2.05, 4.69) is 5.32 Å². The molecule has 0 aromatic carbocycles. The van der Waals surface area contributed by atoms with E-state index >= 15 is 0 Å². The molecule has 4 nitrogen and oxygen atoms in total. The maximum absolute atomic E-state index is 11.9. The van der Waals surface area contributed by atoms with Crippen molar-refractivity contribution in [3.63, 3.8) is 0 Å². The van der Waals surface area contributed by atoms with Gasteiger partial charge in [0.05, 0.1) is 5.54 Å². The van der Waals surface area contributed by atoms with E-state index in [0.717, 1.165) is 44.9 Å². The number of hydrogen-bond acceptors (Lipinski definition) is 3. The van der Waals surface area contributed by atoms with E-state index in [1.165, 1.54) is 0 Å². The second-order valence-corrected chi connectivity index (χ2v) is 5.52. The molecule has 4 N–H and O–H groups in total. The van der Waals surface area contributed by atoms with Gasteiger partial charge >= 0.3 is 0 Å². The first-order chi connectivity index (χ1) is 7.60. The lowest BCUT2D eigenvalue weighted by Crippen LogP contribution is -2.52. The number of nitrogens with one attached hydrogen (secondary N) is 1. The molecule has 0 radical (unpaired) electrons. The van der Waals surface area contributed by atoms with Gasteiger partial charge in [-0.15, -0.1) is 0 Å². The van der Waals surface area contributed by atoms with Crippen molar-refractivity contribution >= 4 is 5.91 Å². The zero-order valence-corrected chi connectivity index (χ0v) is 9.80. The van der Waals surface area contributed by atoms with E-state index in [1.807, 2.05) is 0 Å². The number of nitrogens with two attached hydrogens (primary N) is 1. The number of hydrogen-bond donors (Lipinski definition) is 3. The molecule has 2 saturated carbocycles. The highest BCUT2D eigenvalue weighted by Gasteiger charge is 2.44. The van der Waals surface area contributed by atoms with Gasteiger partial charge in [0.1, 0.15) is 0 Å². The monoisotopic (exact) mass is 226 g/mol. The van der Waals surface area contributed by atoms with Gasteiger partial charge in [0, 0.05) is 13.2 Å². The molecule has 2 fully saturated rings. The van der Waals surface area contributed by atoms with Crippen molar-refractivity contribution in [1.82, 2.24) is 5.32 Å². The molecule has 0 atom stereocenters. The van der Waals surface area contributed by atoms with E-state index in [4.69, 9.17) is 10.8 Å². The lowest BCUT2D eigenvalue weighted by molar-refractivity contribution is -0.126. The molecule has 0 aromatic heterocycles. The van der Waals surface area contributed by atoms with Gasteiger partial charge in [-0.05, 0) is 37.5 Å². The van der Waals surface area contributed by atoms with Crippen molar-refractivity contribution in [2.75, 3.05) is 13.2 Å². The summed E-state index contributed by atoms with van der Waals surface area (Å²) in [4.78, 5) is 11.9. The maximum Gasteiger partial charge on any atom is 0.240 e. The van der Waals surface area contributed by atoms with Crippen molar-refractivity contribution in [1.29, 1.82) is 0 Å². The molecular formula is C12H22N2O2. The Bertz CT molecular complexity index is 268. The Morgan fingerprint density at radius 3 is 2.38 bits per heavy atom. The summed E-state index contributed by atoms with van der Waals surface area (Å²) in [5.74, 6) is 0.00853. The lowest BCUT2D eigenvalue weighted by Gasteiger charge is -2.24. The molecule has 0 heterocycles. The molecule has 2 aliphatic carbocycles. The van der Waals surface area contributed by atoms with Crippen molar-refractivity contribution in [3.8, 4) is 0 Å². The average molecular weight is 226 g/mol. The van der Waals surface area contributed by atoms with Gasteiger partial charge in [0.15, 0.2) is 0 Å². The van der Waals surface area contributed by atoms with Crippen molar-refractivity contribution < 1.29 is 9.90 Å². The number of amides is 1. The van der Waals surface area contributed by atoms with Crippen LogP contribution >= 0.6 is 0 Å². The standard InChI is InChI=1S/C12H22N2O2/c13-12(3-1-2-4-12)10(16)14-9-11(5-6-11)7-8-15/h15H,1-9,13H2,(H,14,16). The van der Waals surface area contributed by atoms with Gasteiger partial charge in [-0.2, -0.15) is 0 Å². The van der Waals surface area contributed by atoms with Crippen LogP contribution < -0.4 is 11.1 Å². The molecule has 1 amide bonds. The van der Waals surface area contributed by atoms with Gasteiger partial charge in [0.25, 0.3) is 0 Å². The second kappa shape index (κ2) is 4.34. The Morgan fingerprint density at radius 1 is 1.25 bits per heavy atom. The highest BCUT2D eigenvalue weighted by atomic mass is 16.3. The van der Waals surface area contributed by atoms with Crippen LogP contribution in [0.4, 0.5) is 0 Å². The van der Waals surface area contributed by atoms with Crippen molar-refractivity contribution in [2.45, 2.75) is 50.5 Å². The summed E-state index contributed by atoms with van der Waals surface area (Å²) >= 11 is 0. The zero-order valence-electron chi connectivity index (χ0n) is 9.80. The van der Waals surface area contributed by atoms with Gasteiger partial charge < -0.3 is 16.2 Å². The molecule has 0 saturated heterocycles. The van der Waals surface area contributed by atoms with Gasteiger partial charge in [-0.25, -0.2) is 0 Å². The SMILES string of the molecule is NC1(C(=O)NCC2(CCO)CC2)CCCC1. The summed E-state index contributed by atoms with van der Waals surface area (Å²) in [6, 6.07) is 0. The number of aliphatic hydroxyl groups is 1.